The fourth-order valence-corrected chi connectivity index (χ4v) is 5.72. The summed E-state index contributed by atoms with van der Waals surface area (Å²) < 4.78 is 5.53. The number of hydrogen-bond donors (Lipinski definition) is 2. The number of morpholine rings is 1. The largest absolute Gasteiger partial charge is 0.378 e. The average molecular weight is 621 g/mol. The molecule has 3 heterocycles. The van der Waals surface area contributed by atoms with Gasteiger partial charge in [0.25, 0.3) is 5.91 Å². The van der Waals surface area contributed by atoms with Crippen molar-refractivity contribution in [2.24, 2.45) is 0 Å². The Hall–Kier alpha value is -4.87. The fourth-order valence-electron chi connectivity index (χ4n) is 5.72. The molecule has 2 N–H and O–H groups in total. The zero-order chi connectivity index (χ0) is 32.0. The monoisotopic (exact) mass is 620 g/mol. The van der Waals surface area contributed by atoms with Crippen LogP contribution < -0.4 is 15.5 Å². The van der Waals surface area contributed by atoms with Crippen molar-refractivity contribution in [1.82, 2.24) is 24.8 Å². The molecule has 0 atom stereocenters. The standard InChI is InChI=1S/C35H40N8O3/c1-24-7-9-25(10-8-24)31-38-32(40-34(39-31)43-19-21-46-22-20-43)26-11-13-28(14-12-26)36-35(45)37-29-6-4-5-27(23-29)33(44)42-17-15-30(16-18-42)41(2)3/h4-14,23,30H,15-22H2,1-3H3,(H2,36,37,45). The number of rotatable bonds is 7. The molecule has 0 bridgehead atoms. The molecule has 4 aromatic rings. The average Bonchev–Trinajstić information content (AvgIpc) is 3.09. The first-order valence-corrected chi connectivity index (χ1v) is 15.7. The second-order valence-electron chi connectivity index (χ2n) is 12.0. The maximum atomic E-state index is 13.1. The van der Waals surface area contributed by atoms with Gasteiger partial charge in [-0.2, -0.15) is 9.97 Å². The molecule has 11 nitrogen and oxygen atoms in total. The number of piperidine rings is 1. The number of aromatic nitrogens is 3. The molecule has 2 aliphatic rings. The van der Waals surface area contributed by atoms with Crippen LogP contribution in [0.5, 0.6) is 0 Å². The quantitative estimate of drug-likeness (QED) is 0.291. The van der Waals surface area contributed by atoms with Crippen molar-refractivity contribution in [3.05, 3.63) is 83.9 Å². The zero-order valence-electron chi connectivity index (χ0n) is 26.6. The lowest BCUT2D eigenvalue weighted by Crippen LogP contribution is -2.44. The number of hydrogen-bond acceptors (Lipinski definition) is 8. The van der Waals surface area contributed by atoms with Crippen molar-refractivity contribution < 1.29 is 14.3 Å². The third-order valence-corrected chi connectivity index (χ3v) is 8.48. The predicted octanol–water partition coefficient (Wildman–Crippen LogP) is 5.16. The molecule has 0 radical (unpaired) electrons. The summed E-state index contributed by atoms with van der Waals surface area (Å²) in [5, 5.41) is 5.73. The molecular formula is C35H40N8O3. The lowest BCUT2D eigenvalue weighted by molar-refractivity contribution is 0.0663. The molecule has 0 spiro atoms. The van der Waals surface area contributed by atoms with Gasteiger partial charge in [0.05, 0.1) is 13.2 Å². The van der Waals surface area contributed by atoms with E-state index in [1.165, 1.54) is 0 Å². The van der Waals surface area contributed by atoms with E-state index in [0.717, 1.165) is 42.6 Å². The van der Waals surface area contributed by atoms with Gasteiger partial charge in [0.2, 0.25) is 5.95 Å². The highest BCUT2D eigenvalue weighted by molar-refractivity contribution is 6.01. The van der Waals surface area contributed by atoms with E-state index in [4.69, 9.17) is 19.7 Å². The van der Waals surface area contributed by atoms with Gasteiger partial charge in [-0.25, -0.2) is 9.78 Å². The fraction of sp³-hybridized carbons (Fsp3) is 0.343. The maximum Gasteiger partial charge on any atom is 0.323 e. The van der Waals surface area contributed by atoms with Crippen LogP contribution in [0.15, 0.2) is 72.8 Å². The maximum absolute atomic E-state index is 13.1. The Labute approximate surface area is 269 Å². The molecule has 3 amide bonds. The lowest BCUT2D eigenvalue weighted by Gasteiger charge is -2.35. The SMILES string of the molecule is Cc1ccc(-c2nc(-c3ccc(NC(=O)Nc4cccc(C(=O)N5CCC(N(C)C)CC5)c4)cc3)nc(N3CCOCC3)n2)cc1. The van der Waals surface area contributed by atoms with Crippen LogP contribution >= 0.6 is 0 Å². The van der Waals surface area contributed by atoms with E-state index in [9.17, 15) is 9.59 Å². The molecule has 2 fully saturated rings. The normalized spacial score (nSPS) is 15.6. The third kappa shape index (κ3) is 7.49. The van der Waals surface area contributed by atoms with Gasteiger partial charge in [0.15, 0.2) is 11.6 Å². The highest BCUT2D eigenvalue weighted by Crippen LogP contribution is 2.25. The van der Waals surface area contributed by atoms with Crippen molar-refractivity contribution in [3.63, 3.8) is 0 Å². The lowest BCUT2D eigenvalue weighted by atomic mass is 10.0. The van der Waals surface area contributed by atoms with Crippen molar-refractivity contribution >= 4 is 29.3 Å². The van der Waals surface area contributed by atoms with E-state index < -0.39 is 6.03 Å². The Morgan fingerprint density at radius 2 is 1.39 bits per heavy atom. The Kier molecular flexibility index (Phi) is 9.51. The molecule has 0 saturated carbocycles. The molecule has 238 valence electrons. The van der Waals surface area contributed by atoms with Gasteiger partial charge in [0.1, 0.15) is 0 Å². The van der Waals surface area contributed by atoms with E-state index >= 15 is 0 Å². The summed E-state index contributed by atoms with van der Waals surface area (Å²) in [6, 6.07) is 22.7. The Morgan fingerprint density at radius 3 is 2.02 bits per heavy atom. The highest BCUT2D eigenvalue weighted by Gasteiger charge is 2.25. The molecule has 6 rings (SSSR count). The van der Waals surface area contributed by atoms with Gasteiger partial charge < -0.3 is 30.1 Å². The van der Waals surface area contributed by atoms with Crippen LogP contribution in [0.4, 0.5) is 22.1 Å². The molecule has 1 aromatic heterocycles. The van der Waals surface area contributed by atoms with E-state index in [1.807, 2.05) is 60.4 Å². The highest BCUT2D eigenvalue weighted by atomic mass is 16.5. The number of amides is 3. The summed E-state index contributed by atoms with van der Waals surface area (Å²) in [5.74, 6) is 1.75. The number of nitrogens with one attached hydrogen (secondary N) is 2. The number of benzene rings is 3. The van der Waals surface area contributed by atoms with Gasteiger partial charge in [-0.1, -0.05) is 35.9 Å². The Morgan fingerprint density at radius 1 is 0.783 bits per heavy atom. The molecular weight excluding hydrogens is 580 g/mol. The summed E-state index contributed by atoms with van der Waals surface area (Å²) in [7, 11) is 4.16. The molecule has 2 saturated heterocycles. The van der Waals surface area contributed by atoms with Crippen LogP contribution in [0.1, 0.15) is 28.8 Å². The molecule has 0 aliphatic carbocycles. The molecule has 2 aliphatic heterocycles. The molecule has 0 unspecified atom stereocenters. The number of nitrogens with zero attached hydrogens (tertiary/aromatic N) is 6. The number of likely N-dealkylation sites (tertiary alicyclic amines) is 1. The predicted molar refractivity (Wildman–Crippen MR) is 180 cm³/mol. The third-order valence-electron chi connectivity index (χ3n) is 8.48. The van der Waals surface area contributed by atoms with Crippen molar-refractivity contribution in [2.45, 2.75) is 25.8 Å². The minimum Gasteiger partial charge on any atom is -0.378 e. The van der Waals surface area contributed by atoms with Gasteiger partial charge in [0, 0.05) is 60.3 Å². The smallest absolute Gasteiger partial charge is 0.323 e. The zero-order valence-corrected chi connectivity index (χ0v) is 26.6. The van der Waals surface area contributed by atoms with Crippen molar-refractivity contribution in [2.75, 3.05) is 69.0 Å². The van der Waals surface area contributed by atoms with Gasteiger partial charge in [-0.05, 0) is 76.3 Å². The van der Waals surface area contributed by atoms with Crippen LogP contribution in [0.3, 0.4) is 0 Å². The Bertz CT molecular complexity index is 1660. The number of aryl methyl sites for hydroxylation is 1. The van der Waals surface area contributed by atoms with Crippen molar-refractivity contribution in [1.29, 1.82) is 0 Å². The minimum atomic E-state index is -0.402. The molecule has 3 aromatic carbocycles. The summed E-state index contributed by atoms with van der Waals surface area (Å²) in [6.45, 7) is 6.17. The van der Waals surface area contributed by atoms with E-state index in [1.54, 1.807) is 24.3 Å². The van der Waals surface area contributed by atoms with Crippen LogP contribution in [0, 0.1) is 6.92 Å². The second-order valence-corrected chi connectivity index (χ2v) is 12.0. The minimum absolute atomic E-state index is 0.0162. The second kappa shape index (κ2) is 14.1. The van der Waals surface area contributed by atoms with Gasteiger partial charge >= 0.3 is 6.03 Å². The number of ether oxygens (including phenoxy) is 1. The first-order chi connectivity index (χ1) is 22.3. The Balaban J connectivity index is 1.13. The van der Waals surface area contributed by atoms with Crippen LogP contribution in [0.25, 0.3) is 22.8 Å². The van der Waals surface area contributed by atoms with Gasteiger partial charge in [-0.15, -0.1) is 0 Å². The first-order valence-electron chi connectivity index (χ1n) is 15.7. The number of anilines is 3. The summed E-state index contributed by atoms with van der Waals surface area (Å²) >= 11 is 0. The van der Waals surface area contributed by atoms with Crippen LogP contribution in [0.2, 0.25) is 0 Å². The van der Waals surface area contributed by atoms with E-state index in [2.05, 4.69) is 34.5 Å². The van der Waals surface area contributed by atoms with Crippen LogP contribution in [-0.4, -0.2) is 96.2 Å². The van der Waals surface area contributed by atoms with E-state index in [0.29, 0.717) is 66.9 Å². The topological polar surface area (TPSA) is 116 Å². The summed E-state index contributed by atoms with van der Waals surface area (Å²) in [6.07, 6.45) is 1.90. The van der Waals surface area contributed by atoms with Crippen LogP contribution in [-0.2, 0) is 4.74 Å². The molecule has 46 heavy (non-hydrogen) atoms. The summed E-state index contributed by atoms with van der Waals surface area (Å²) in [5.41, 5.74) is 4.60. The molecule has 11 heteroatoms. The number of carbonyl (C=O) groups is 2. The van der Waals surface area contributed by atoms with Crippen molar-refractivity contribution in [3.8, 4) is 22.8 Å². The van der Waals surface area contributed by atoms with Gasteiger partial charge in [-0.3, -0.25) is 4.79 Å². The van der Waals surface area contributed by atoms with E-state index in [-0.39, 0.29) is 5.91 Å². The number of urea groups is 1. The summed E-state index contributed by atoms with van der Waals surface area (Å²) in [4.78, 5) is 46.6. The number of carbonyl (C=O) groups excluding carboxylic acids is 2. The first kappa shape index (κ1) is 31.1.